The second-order valence-corrected chi connectivity index (χ2v) is 8.22. The third-order valence-electron chi connectivity index (χ3n) is 5.20. The van der Waals surface area contributed by atoms with Crippen LogP contribution in [0.15, 0.2) is 34.7 Å². The van der Waals surface area contributed by atoms with Gasteiger partial charge in [0.25, 0.3) is 0 Å². The number of benzene rings is 1. The minimum absolute atomic E-state index is 0.331. The summed E-state index contributed by atoms with van der Waals surface area (Å²) in [6.45, 7) is 8.04. The van der Waals surface area contributed by atoms with Crippen molar-refractivity contribution in [2.24, 2.45) is 0 Å². The Hall–Kier alpha value is -2.22. The Kier molecular flexibility index (Phi) is 5.24. The number of ether oxygens (including phenoxy) is 1. The summed E-state index contributed by atoms with van der Waals surface area (Å²) in [5.41, 5.74) is 1.64. The largest absolute Gasteiger partial charge is 0.465 e. The van der Waals surface area contributed by atoms with E-state index in [0.717, 1.165) is 50.5 Å². The van der Waals surface area contributed by atoms with Crippen LogP contribution in [0.2, 0.25) is 0 Å². The van der Waals surface area contributed by atoms with Crippen molar-refractivity contribution in [1.29, 1.82) is 0 Å². The van der Waals surface area contributed by atoms with E-state index in [1.165, 1.54) is 21.7 Å². The first-order valence-electron chi connectivity index (χ1n) is 9.31. The molecule has 4 rings (SSSR count). The zero-order valence-corrected chi connectivity index (χ0v) is 16.5. The molecule has 2 aromatic heterocycles. The Morgan fingerprint density at radius 3 is 2.59 bits per heavy atom. The molecule has 0 atom stereocenters. The maximum absolute atomic E-state index is 11.7. The third-order valence-corrected chi connectivity index (χ3v) is 6.24. The van der Waals surface area contributed by atoms with Crippen LogP contribution in [-0.4, -0.2) is 44.2 Å². The summed E-state index contributed by atoms with van der Waals surface area (Å²) < 4.78 is 11.8. The lowest BCUT2D eigenvalue weighted by Crippen LogP contribution is -3.27. The highest BCUT2D eigenvalue weighted by molar-refractivity contribution is 7.18. The van der Waals surface area contributed by atoms with Gasteiger partial charge >= 0.3 is 5.97 Å². The molecule has 0 aliphatic carbocycles. The second kappa shape index (κ2) is 7.80. The third kappa shape index (κ3) is 4.05. The number of nitrogens with one attached hydrogen (secondary N) is 2. The van der Waals surface area contributed by atoms with E-state index in [-0.39, 0.29) is 5.97 Å². The molecule has 1 fully saturated rings. The Bertz CT molecular complexity index is 908. The molecule has 142 valence electrons. The van der Waals surface area contributed by atoms with Crippen LogP contribution in [-0.2, 0) is 17.8 Å². The van der Waals surface area contributed by atoms with E-state index < -0.39 is 0 Å². The standard InChI is InChI=1S/C20H23N3O3S/c1-14-16(20(24)25-2)11-15(26-14)12-22-7-9-23(10-8-22)13-19-21-17-5-3-4-6-18(17)27-19/h3-6,11H,7-10,12-13H2,1-2H3/p+2. The summed E-state index contributed by atoms with van der Waals surface area (Å²) in [6, 6.07) is 10.2. The number of hydrogen-bond acceptors (Lipinski definition) is 5. The fourth-order valence-electron chi connectivity index (χ4n) is 3.71. The van der Waals surface area contributed by atoms with E-state index in [4.69, 9.17) is 14.1 Å². The monoisotopic (exact) mass is 387 g/mol. The number of carbonyl (C=O) groups is 1. The van der Waals surface area contributed by atoms with Gasteiger partial charge in [0, 0.05) is 6.07 Å². The summed E-state index contributed by atoms with van der Waals surface area (Å²) >= 11 is 1.81. The highest BCUT2D eigenvalue weighted by atomic mass is 32.1. The Morgan fingerprint density at radius 1 is 1.19 bits per heavy atom. The lowest BCUT2D eigenvalue weighted by molar-refractivity contribution is -1.02. The van der Waals surface area contributed by atoms with Crippen LogP contribution in [0.3, 0.4) is 0 Å². The van der Waals surface area contributed by atoms with Crippen molar-refractivity contribution in [3.05, 3.63) is 52.4 Å². The average Bonchev–Trinajstić information content (AvgIpc) is 3.25. The minimum Gasteiger partial charge on any atom is -0.465 e. The van der Waals surface area contributed by atoms with Gasteiger partial charge in [0.15, 0.2) is 5.76 Å². The van der Waals surface area contributed by atoms with Gasteiger partial charge < -0.3 is 19.0 Å². The van der Waals surface area contributed by atoms with Crippen LogP contribution in [0, 0.1) is 6.92 Å². The molecule has 3 aromatic rings. The Morgan fingerprint density at radius 2 is 1.89 bits per heavy atom. The van der Waals surface area contributed by atoms with Crippen molar-refractivity contribution in [1.82, 2.24) is 4.98 Å². The summed E-state index contributed by atoms with van der Waals surface area (Å²) in [5, 5.41) is 1.22. The molecule has 6 nitrogen and oxygen atoms in total. The number of nitrogens with zero attached hydrogens (tertiary/aromatic N) is 1. The first-order valence-corrected chi connectivity index (χ1v) is 10.1. The van der Waals surface area contributed by atoms with E-state index in [0.29, 0.717) is 11.3 Å². The summed E-state index contributed by atoms with van der Waals surface area (Å²) in [5.74, 6) is 1.16. The average molecular weight is 388 g/mol. The van der Waals surface area contributed by atoms with Crippen LogP contribution in [0.25, 0.3) is 10.2 Å². The van der Waals surface area contributed by atoms with Crippen molar-refractivity contribution in [2.45, 2.75) is 20.0 Å². The van der Waals surface area contributed by atoms with E-state index in [1.807, 2.05) is 19.1 Å². The van der Waals surface area contributed by atoms with Gasteiger partial charge in [-0.2, -0.15) is 0 Å². The smallest absolute Gasteiger partial charge is 0.341 e. The second-order valence-electron chi connectivity index (χ2n) is 7.10. The van der Waals surface area contributed by atoms with Gasteiger partial charge in [-0.05, 0) is 19.1 Å². The maximum Gasteiger partial charge on any atom is 0.341 e. The Labute approximate surface area is 162 Å². The predicted octanol–water partition coefficient (Wildman–Crippen LogP) is 0.468. The number of hydrogen-bond donors (Lipinski definition) is 2. The number of rotatable bonds is 5. The van der Waals surface area contributed by atoms with E-state index in [1.54, 1.807) is 16.2 Å². The number of fused-ring (bicyclic) bond motifs is 1. The molecule has 2 N–H and O–H groups in total. The lowest BCUT2D eigenvalue weighted by atomic mass is 10.2. The molecule has 0 unspecified atom stereocenters. The zero-order chi connectivity index (χ0) is 18.8. The number of quaternary nitrogens is 2. The molecule has 27 heavy (non-hydrogen) atoms. The van der Waals surface area contributed by atoms with Gasteiger partial charge in [0.1, 0.15) is 55.6 Å². The molecule has 7 heteroatoms. The molecule has 1 aromatic carbocycles. The van der Waals surface area contributed by atoms with Crippen molar-refractivity contribution >= 4 is 27.5 Å². The molecule has 0 saturated carbocycles. The SMILES string of the molecule is COC(=O)c1cc(C[NH+]2CC[NH+](Cc3nc4ccccc4s3)CC2)oc1C. The van der Waals surface area contributed by atoms with Crippen LogP contribution < -0.4 is 9.80 Å². The molecular weight excluding hydrogens is 362 g/mol. The van der Waals surface area contributed by atoms with Crippen LogP contribution in [0.4, 0.5) is 0 Å². The normalized spacial score (nSPS) is 20.1. The van der Waals surface area contributed by atoms with Gasteiger partial charge in [0.05, 0.1) is 17.3 Å². The number of esters is 1. The highest BCUT2D eigenvalue weighted by Gasteiger charge is 2.26. The van der Waals surface area contributed by atoms with Gasteiger partial charge in [-0.15, -0.1) is 11.3 Å². The van der Waals surface area contributed by atoms with E-state index in [9.17, 15) is 4.79 Å². The summed E-state index contributed by atoms with van der Waals surface area (Å²) in [7, 11) is 1.40. The fourth-order valence-corrected chi connectivity index (χ4v) is 4.75. The molecule has 0 radical (unpaired) electrons. The van der Waals surface area contributed by atoms with Crippen molar-refractivity contribution in [2.75, 3.05) is 33.3 Å². The molecule has 1 aliphatic rings. The maximum atomic E-state index is 11.7. The van der Waals surface area contributed by atoms with Crippen molar-refractivity contribution in [3.8, 4) is 0 Å². The number of aromatic nitrogens is 1. The molecular formula is C20H25N3O3S+2. The summed E-state index contributed by atoms with van der Waals surface area (Å²) in [4.78, 5) is 19.6. The first-order chi connectivity index (χ1) is 13.1. The highest BCUT2D eigenvalue weighted by Crippen LogP contribution is 2.20. The number of piperazine rings is 1. The summed E-state index contributed by atoms with van der Waals surface area (Å²) in [6.07, 6.45) is 0. The lowest BCUT2D eigenvalue weighted by Gasteiger charge is -2.28. The minimum atomic E-state index is -0.331. The van der Waals surface area contributed by atoms with E-state index >= 15 is 0 Å². The predicted molar refractivity (Wildman–Crippen MR) is 103 cm³/mol. The Balaban J connectivity index is 1.32. The molecule has 3 heterocycles. The van der Waals surface area contributed by atoms with Gasteiger partial charge in [0.2, 0.25) is 0 Å². The van der Waals surface area contributed by atoms with Crippen molar-refractivity contribution in [3.63, 3.8) is 0 Å². The zero-order valence-electron chi connectivity index (χ0n) is 15.7. The van der Waals surface area contributed by atoms with Crippen molar-refractivity contribution < 1.29 is 23.7 Å². The number of para-hydroxylation sites is 1. The first kappa shape index (κ1) is 18.2. The number of aryl methyl sites for hydroxylation is 1. The number of furan rings is 1. The fraction of sp³-hybridized carbons (Fsp3) is 0.400. The molecule has 0 amide bonds. The number of carbonyl (C=O) groups excluding carboxylic acids is 1. The van der Waals surface area contributed by atoms with Crippen LogP contribution in [0.5, 0.6) is 0 Å². The molecule has 1 saturated heterocycles. The van der Waals surface area contributed by atoms with Gasteiger partial charge in [-0.3, -0.25) is 0 Å². The van der Waals surface area contributed by atoms with Gasteiger partial charge in [-0.1, -0.05) is 12.1 Å². The van der Waals surface area contributed by atoms with E-state index in [2.05, 4.69) is 18.2 Å². The van der Waals surface area contributed by atoms with Crippen LogP contribution in [0.1, 0.15) is 26.9 Å². The number of methoxy groups -OCH3 is 1. The molecule has 0 bridgehead atoms. The molecule has 0 spiro atoms. The quantitative estimate of drug-likeness (QED) is 0.625. The van der Waals surface area contributed by atoms with Crippen LogP contribution >= 0.6 is 11.3 Å². The topological polar surface area (TPSA) is 61.2 Å². The number of thiazole rings is 1. The molecule has 1 aliphatic heterocycles. The van der Waals surface area contributed by atoms with Gasteiger partial charge in [-0.25, -0.2) is 9.78 Å².